The summed E-state index contributed by atoms with van der Waals surface area (Å²) in [6, 6.07) is 3.36. The molecule has 0 aliphatic rings. The number of nitrogens with two attached hydrogens (primary N) is 1. The van der Waals surface area contributed by atoms with Crippen LogP contribution in [0.3, 0.4) is 0 Å². The first-order valence-corrected chi connectivity index (χ1v) is 8.11. The molecule has 19 heavy (non-hydrogen) atoms. The van der Waals surface area contributed by atoms with Gasteiger partial charge in [-0.25, -0.2) is 13.6 Å². The lowest BCUT2D eigenvalue weighted by Gasteiger charge is -2.01. The van der Waals surface area contributed by atoms with Crippen molar-refractivity contribution in [1.82, 2.24) is 5.32 Å². The van der Waals surface area contributed by atoms with Crippen LogP contribution < -0.4 is 10.5 Å². The van der Waals surface area contributed by atoms with Crippen LogP contribution in [-0.4, -0.2) is 28.7 Å². The highest BCUT2D eigenvalue weighted by Crippen LogP contribution is 2.30. The fourth-order valence-corrected chi connectivity index (χ4v) is 3.16. The molecule has 0 fully saturated rings. The average molecular weight is 304 g/mol. The van der Waals surface area contributed by atoms with Crippen LogP contribution >= 0.6 is 11.3 Å². The molecule has 0 unspecified atom stereocenters. The molecule has 2 rings (SSSR count). The van der Waals surface area contributed by atoms with E-state index in [1.54, 1.807) is 7.11 Å². The number of fused-ring (bicyclic) bond motifs is 1. The quantitative estimate of drug-likeness (QED) is 0.751. The summed E-state index contributed by atoms with van der Waals surface area (Å²) in [5, 5.41) is 8.86. The van der Waals surface area contributed by atoms with Gasteiger partial charge in [-0.05, 0) is 19.0 Å². The number of thiophene rings is 1. The van der Waals surface area contributed by atoms with Gasteiger partial charge >= 0.3 is 0 Å². The van der Waals surface area contributed by atoms with Crippen LogP contribution in [0.15, 0.2) is 21.6 Å². The Balaban J connectivity index is 1.97. The zero-order valence-electron chi connectivity index (χ0n) is 10.5. The summed E-state index contributed by atoms with van der Waals surface area (Å²) in [7, 11) is -2.09. The van der Waals surface area contributed by atoms with E-state index in [0.717, 1.165) is 36.4 Å². The van der Waals surface area contributed by atoms with Gasteiger partial charge in [0.15, 0.2) is 4.90 Å². The van der Waals surface area contributed by atoms with Crippen LogP contribution in [0.4, 0.5) is 0 Å². The Labute approximate surface area is 115 Å². The Hall–Kier alpha value is -0.930. The lowest BCUT2D eigenvalue weighted by atomic mass is 10.3. The highest BCUT2D eigenvalue weighted by atomic mass is 32.2. The number of hydrogen-bond acceptors (Lipinski definition) is 6. The van der Waals surface area contributed by atoms with Crippen molar-refractivity contribution in [2.24, 2.45) is 5.14 Å². The molecular weight excluding hydrogens is 288 g/mol. The lowest BCUT2D eigenvalue weighted by Crippen LogP contribution is -2.15. The van der Waals surface area contributed by atoms with Crippen molar-refractivity contribution in [3.8, 4) is 0 Å². The fourth-order valence-electron chi connectivity index (χ4n) is 1.65. The summed E-state index contributed by atoms with van der Waals surface area (Å²) in [6.45, 7) is 2.33. The first-order chi connectivity index (χ1) is 9.00. The lowest BCUT2D eigenvalue weighted by molar-refractivity contribution is 0.194. The largest absolute Gasteiger partial charge is 0.433 e. The summed E-state index contributed by atoms with van der Waals surface area (Å²) >= 11 is 1.42. The van der Waals surface area contributed by atoms with Crippen molar-refractivity contribution in [2.75, 3.05) is 20.3 Å². The van der Waals surface area contributed by atoms with Gasteiger partial charge in [0.1, 0.15) is 0 Å². The van der Waals surface area contributed by atoms with Gasteiger partial charge in [0.05, 0.1) is 0 Å². The SMILES string of the molecule is COCCCNCc1cc2cc(S(N)(=O)=O)oc2s1. The van der Waals surface area contributed by atoms with Gasteiger partial charge in [-0.1, -0.05) is 0 Å². The molecule has 106 valence electrons. The van der Waals surface area contributed by atoms with Crippen molar-refractivity contribution < 1.29 is 17.6 Å². The molecule has 0 spiro atoms. The van der Waals surface area contributed by atoms with Gasteiger partial charge in [0.2, 0.25) is 5.09 Å². The number of furan rings is 1. The van der Waals surface area contributed by atoms with Crippen LogP contribution in [0, 0.1) is 0 Å². The third kappa shape index (κ3) is 3.77. The summed E-state index contributed by atoms with van der Waals surface area (Å²) in [5.41, 5.74) is 0. The molecule has 0 amide bonds. The Morgan fingerprint density at radius 2 is 2.26 bits per heavy atom. The standard InChI is InChI=1S/C11H16N2O4S2/c1-16-4-2-3-13-7-9-5-8-6-10(19(12,14)15)17-11(8)18-9/h5-6,13H,2-4,7H2,1H3,(H2,12,14,15). The monoisotopic (exact) mass is 304 g/mol. The van der Waals surface area contributed by atoms with Gasteiger partial charge < -0.3 is 14.5 Å². The number of sulfonamides is 1. The summed E-state index contributed by atoms with van der Waals surface area (Å²) < 4.78 is 32.4. The molecule has 0 aliphatic carbocycles. The van der Waals surface area contributed by atoms with E-state index in [-0.39, 0.29) is 5.09 Å². The van der Waals surface area contributed by atoms with E-state index >= 15 is 0 Å². The number of ether oxygens (including phenoxy) is 1. The zero-order valence-corrected chi connectivity index (χ0v) is 12.1. The number of nitrogens with one attached hydrogen (secondary N) is 1. The van der Waals surface area contributed by atoms with E-state index in [9.17, 15) is 8.42 Å². The normalized spacial score (nSPS) is 12.3. The van der Waals surface area contributed by atoms with Crippen LogP contribution in [-0.2, 0) is 21.3 Å². The van der Waals surface area contributed by atoms with Gasteiger partial charge in [-0.15, -0.1) is 11.3 Å². The Morgan fingerprint density at radius 1 is 1.47 bits per heavy atom. The molecule has 8 heteroatoms. The predicted molar refractivity (Wildman–Crippen MR) is 73.7 cm³/mol. The summed E-state index contributed by atoms with van der Waals surface area (Å²) in [6.07, 6.45) is 0.952. The molecule has 0 saturated heterocycles. The van der Waals surface area contributed by atoms with Crippen molar-refractivity contribution in [2.45, 2.75) is 18.1 Å². The molecule has 0 aliphatic heterocycles. The highest BCUT2D eigenvalue weighted by Gasteiger charge is 2.16. The maximum atomic E-state index is 11.1. The van der Waals surface area contributed by atoms with E-state index in [1.807, 2.05) is 6.07 Å². The smallest absolute Gasteiger partial charge is 0.271 e. The first-order valence-electron chi connectivity index (χ1n) is 5.75. The van der Waals surface area contributed by atoms with Crippen LogP contribution in [0.2, 0.25) is 0 Å². The molecule has 0 aromatic carbocycles. The minimum absolute atomic E-state index is 0.187. The summed E-state index contributed by atoms with van der Waals surface area (Å²) in [4.78, 5) is 1.67. The minimum Gasteiger partial charge on any atom is -0.433 e. The van der Waals surface area contributed by atoms with Crippen LogP contribution in [0.25, 0.3) is 10.3 Å². The number of methoxy groups -OCH3 is 1. The number of primary sulfonamides is 1. The van der Waals surface area contributed by atoms with Crippen molar-refractivity contribution in [3.05, 3.63) is 17.0 Å². The average Bonchev–Trinajstić information content (AvgIpc) is 2.85. The maximum absolute atomic E-state index is 11.1. The minimum atomic E-state index is -3.76. The van der Waals surface area contributed by atoms with Crippen molar-refractivity contribution in [1.29, 1.82) is 0 Å². The molecule has 6 nitrogen and oxygen atoms in total. The molecule has 2 aromatic heterocycles. The fraction of sp³-hybridized carbons (Fsp3) is 0.455. The van der Waals surface area contributed by atoms with E-state index in [0.29, 0.717) is 4.90 Å². The number of hydrogen-bond donors (Lipinski definition) is 2. The third-order valence-electron chi connectivity index (χ3n) is 2.52. The Morgan fingerprint density at radius 3 is 2.89 bits per heavy atom. The molecule has 0 atom stereocenters. The molecule has 2 aromatic rings. The van der Waals surface area contributed by atoms with Crippen LogP contribution in [0.5, 0.6) is 0 Å². The van der Waals surface area contributed by atoms with Gasteiger partial charge in [0.25, 0.3) is 10.0 Å². The molecule has 2 heterocycles. The third-order valence-corrected chi connectivity index (χ3v) is 4.32. The molecule has 3 N–H and O–H groups in total. The van der Waals surface area contributed by atoms with E-state index < -0.39 is 10.0 Å². The maximum Gasteiger partial charge on any atom is 0.271 e. The predicted octanol–water partition coefficient (Wildman–Crippen LogP) is 1.27. The van der Waals surface area contributed by atoms with E-state index in [4.69, 9.17) is 14.3 Å². The van der Waals surface area contributed by atoms with Gasteiger partial charge in [0, 0.05) is 36.6 Å². The molecular formula is C11H16N2O4S2. The molecule has 0 radical (unpaired) electrons. The van der Waals surface area contributed by atoms with E-state index in [2.05, 4.69) is 5.32 Å². The van der Waals surface area contributed by atoms with Gasteiger partial charge in [-0.3, -0.25) is 0 Å². The first kappa shape index (κ1) is 14.5. The Kier molecular flexibility index (Phi) is 4.58. The van der Waals surface area contributed by atoms with Crippen molar-refractivity contribution >= 4 is 31.6 Å². The second-order valence-electron chi connectivity index (χ2n) is 4.09. The second kappa shape index (κ2) is 6.02. The Bertz CT molecular complexity index is 613. The topological polar surface area (TPSA) is 94.6 Å². The highest BCUT2D eigenvalue weighted by molar-refractivity contribution is 7.89. The molecule has 0 bridgehead atoms. The second-order valence-corrected chi connectivity index (χ2v) is 6.68. The van der Waals surface area contributed by atoms with E-state index in [1.165, 1.54) is 17.4 Å². The van der Waals surface area contributed by atoms with Crippen LogP contribution in [0.1, 0.15) is 11.3 Å². The number of rotatable bonds is 7. The molecule has 0 saturated carbocycles. The van der Waals surface area contributed by atoms with Gasteiger partial charge in [-0.2, -0.15) is 0 Å². The summed E-state index contributed by atoms with van der Waals surface area (Å²) in [5.74, 6) is 0. The van der Waals surface area contributed by atoms with Crippen molar-refractivity contribution in [3.63, 3.8) is 0 Å². The zero-order chi connectivity index (χ0) is 13.9.